The van der Waals surface area contributed by atoms with E-state index >= 15 is 0 Å². The Kier molecular flexibility index (Phi) is 5.28. The Morgan fingerprint density at radius 1 is 0.933 bits per heavy atom. The zero-order chi connectivity index (χ0) is 20.3. The molecule has 1 fully saturated rings. The predicted molar refractivity (Wildman–Crippen MR) is 121 cm³/mol. The van der Waals surface area contributed by atoms with Gasteiger partial charge in [0.05, 0.1) is 22.1 Å². The smallest absolute Gasteiger partial charge is 0.162 e. The fraction of sp³-hybridized carbons (Fsp3) is 0.250. The second kappa shape index (κ2) is 8.36. The van der Waals surface area contributed by atoms with Crippen LogP contribution in [-0.4, -0.2) is 33.0 Å². The first-order valence-electron chi connectivity index (χ1n) is 10.3. The van der Waals surface area contributed by atoms with E-state index in [9.17, 15) is 0 Å². The number of hydrogen-bond donors (Lipinski definition) is 0. The molecule has 0 amide bonds. The van der Waals surface area contributed by atoms with Crippen LogP contribution in [0.15, 0.2) is 61.1 Å². The molecular weight excluding hydrogens is 394 g/mol. The second-order valence-corrected chi connectivity index (χ2v) is 8.04. The van der Waals surface area contributed by atoms with Crippen molar-refractivity contribution in [3.05, 3.63) is 77.3 Å². The summed E-state index contributed by atoms with van der Waals surface area (Å²) in [6, 6.07) is 14.4. The summed E-state index contributed by atoms with van der Waals surface area (Å²) in [6.45, 7) is 1.97. The number of hydrogen-bond acceptors (Lipinski definition) is 5. The molecule has 0 atom stereocenters. The molecule has 0 radical (unpaired) electrons. The molecule has 0 saturated carbocycles. The van der Waals surface area contributed by atoms with E-state index in [1.165, 1.54) is 24.8 Å². The van der Waals surface area contributed by atoms with Gasteiger partial charge in [0.25, 0.3) is 0 Å². The van der Waals surface area contributed by atoms with E-state index in [4.69, 9.17) is 21.6 Å². The number of benzene rings is 1. The maximum Gasteiger partial charge on any atom is 0.162 e. The Morgan fingerprint density at radius 2 is 1.77 bits per heavy atom. The summed E-state index contributed by atoms with van der Waals surface area (Å²) >= 11 is 6.52. The first-order chi connectivity index (χ1) is 14.8. The summed E-state index contributed by atoms with van der Waals surface area (Å²) < 4.78 is 0. The van der Waals surface area contributed by atoms with Gasteiger partial charge in [-0.25, -0.2) is 9.97 Å². The average Bonchev–Trinajstić information content (AvgIpc) is 2.80. The first-order valence-corrected chi connectivity index (χ1v) is 10.7. The van der Waals surface area contributed by atoms with E-state index in [0.29, 0.717) is 10.8 Å². The Bertz CT molecular complexity index is 1170. The number of aromatic nitrogens is 4. The Morgan fingerprint density at radius 3 is 2.60 bits per heavy atom. The van der Waals surface area contributed by atoms with E-state index in [-0.39, 0.29) is 0 Å². The van der Waals surface area contributed by atoms with Gasteiger partial charge in [0.1, 0.15) is 5.82 Å². The molecule has 0 unspecified atom stereocenters. The Hall–Kier alpha value is -3.05. The Balaban J connectivity index is 1.58. The molecule has 0 N–H and O–H groups in total. The van der Waals surface area contributed by atoms with Gasteiger partial charge in [-0.2, -0.15) is 0 Å². The second-order valence-electron chi connectivity index (χ2n) is 7.63. The van der Waals surface area contributed by atoms with E-state index in [0.717, 1.165) is 47.5 Å². The van der Waals surface area contributed by atoms with Gasteiger partial charge in [-0.3, -0.25) is 9.97 Å². The quantitative estimate of drug-likeness (QED) is 0.451. The van der Waals surface area contributed by atoms with E-state index in [2.05, 4.69) is 33.1 Å². The predicted octanol–water partition coefficient (Wildman–Crippen LogP) is 5.32. The monoisotopic (exact) mass is 415 g/mol. The fourth-order valence-electron chi connectivity index (χ4n) is 4.01. The highest BCUT2D eigenvalue weighted by Gasteiger charge is 2.20. The molecule has 3 aromatic heterocycles. The highest BCUT2D eigenvalue weighted by atomic mass is 35.5. The maximum absolute atomic E-state index is 6.52. The van der Waals surface area contributed by atoms with Crippen LogP contribution in [0.3, 0.4) is 0 Å². The van der Waals surface area contributed by atoms with Crippen LogP contribution < -0.4 is 4.90 Å². The molecule has 30 heavy (non-hydrogen) atoms. The van der Waals surface area contributed by atoms with Crippen molar-refractivity contribution in [2.75, 3.05) is 18.0 Å². The Labute approximate surface area is 180 Å². The number of anilines is 1. The summed E-state index contributed by atoms with van der Waals surface area (Å²) in [4.78, 5) is 20.9. The van der Waals surface area contributed by atoms with Gasteiger partial charge in [0, 0.05) is 43.2 Å². The van der Waals surface area contributed by atoms with Crippen LogP contribution >= 0.6 is 11.6 Å². The van der Waals surface area contributed by atoms with Gasteiger partial charge in [0.15, 0.2) is 5.82 Å². The first kappa shape index (κ1) is 18.9. The molecule has 0 aliphatic carbocycles. The molecular formula is C24H22ClN5. The third kappa shape index (κ3) is 3.85. The lowest BCUT2D eigenvalue weighted by Crippen LogP contribution is -2.30. The molecule has 4 aromatic rings. The van der Waals surface area contributed by atoms with Crippen molar-refractivity contribution in [3.63, 3.8) is 0 Å². The van der Waals surface area contributed by atoms with Crippen LogP contribution in [0.4, 0.5) is 5.82 Å². The van der Waals surface area contributed by atoms with Crippen molar-refractivity contribution in [1.29, 1.82) is 0 Å². The van der Waals surface area contributed by atoms with Crippen LogP contribution in [0, 0.1) is 0 Å². The number of nitrogens with zero attached hydrogens (tertiary/aromatic N) is 5. The van der Waals surface area contributed by atoms with Crippen molar-refractivity contribution in [2.45, 2.75) is 25.7 Å². The summed E-state index contributed by atoms with van der Waals surface area (Å²) in [5, 5.41) is 1.48. The van der Waals surface area contributed by atoms with Crippen molar-refractivity contribution in [2.24, 2.45) is 0 Å². The molecule has 150 valence electrons. The van der Waals surface area contributed by atoms with Crippen LogP contribution in [0.1, 0.15) is 30.5 Å². The van der Waals surface area contributed by atoms with Crippen LogP contribution in [-0.2, 0) is 6.42 Å². The molecule has 0 bridgehead atoms. The summed E-state index contributed by atoms with van der Waals surface area (Å²) in [7, 11) is 0. The van der Waals surface area contributed by atoms with Crippen LogP contribution in [0.25, 0.3) is 22.3 Å². The topological polar surface area (TPSA) is 54.8 Å². The minimum absolute atomic E-state index is 0.596. The maximum atomic E-state index is 6.52. The molecule has 6 heteroatoms. The molecule has 5 rings (SSSR count). The molecule has 1 aliphatic rings. The van der Waals surface area contributed by atoms with Crippen molar-refractivity contribution in [1.82, 2.24) is 19.9 Å². The standard InChI is InChI=1S/C24H22ClN5/c25-20-15-26-16-21-22(20)24(30-11-5-2-6-12-30)29-23(28-21)18-9-10-27-19(14-18)13-17-7-3-1-4-8-17/h1,3-4,7-10,14-16H,2,5-6,11-13H2. The normalized spacial score (nSPS) is 14.2. The highest BCUT2D eigenvalue weighted by molar-refractivity contribution is 6.36. The molecule has 1 aliphatic heterocycles. The summed E-state index contributed by atoms with van der Waals surface area (Å²) in [5.41, 5.74) is 3.95. The molecule has 0 spiro atoms. The van der Waals surface area contributed by atoms with Gasteiger partial charge in [-0.1, -0.05) is 41.9 Å². The van der Waals surface area contributed by atoms with E-state index < -0.39 is 0 Å². The number of rotatable bonds is 4. The minimum atomic E-state index is 0.596. The summed E-state index contributed by atoms with van der Waals surface area (Å²) in [5.74, 6) is 1.59. The van der Waals surface area contributed by atoms with Crippen molar-refractivity contribution in [3.8, 4) is 11.4 Å². The third-order valence-electron chi connectivity index (χ3n) is 5.50. The van der Waals surface area contributed by atoms with Gasteiger partial charge >= 0.3 is 0 Å². The molecule has 5 nitrogen and oxygen atoms in total. The van der Waals surface area contributed by atoms with E-state index in [1.54, 1.807) is 12.4 Å². The van der Waals surface area contributed by atoms with Crippen LogP contribution in [0.2, 0.25) is 5.02 Å². The number of piperidine rings is 1. The SMILES string of the molecule is Clc1cncc2nc(-c3ccnc(Cc4ccccc4)c3)nc(N3CCCCC3)c12. The number of halogens is 1. The van der Waals surface area contributed by atoms with Crippen LogP contribution in [0.5, 0.6) is 0 Å². The molecule has 1 aromatic carbocycles. The zero-order valence-corrected chi connectivity index (χ0v) is 17.4. The highest BCUT2D eigenvalue weighted by Crippen LogP contribution is 2.33. The fourth-order valence-corrected chi connectivity index (χ4v) is 4.25. The third-order valence-corrected chi connectivity index (χ3v) is 5.79. The summed E-state index contributed by atoms with van der Waals surface area (Å²) in [6.07, 6.45) is 9.64. The van der Waals surface area contributed by atoms with E-state index in [1.807, 2.05) is 30.5 Å². The zero-order valence-electron chi connectivity index (χ0n) is 16.6. The van der Waals surface area contributed by atoms with Gasteiger partial charge in [-0.05, 0) is 37.0 Å². The lowest BCUT2D eigenvalue weighted by atomic mass is 10.1. The number of pyridine rings is 2. The van der Waals surface area contributed by atoms with Crippen molar-refractivity contribution >= 4 is 28.3 Å². The average molecular weight is 416 g/mol. The molecule has 1 saturated heterocycles. The molecule has 4 heterocycles. The van der Waals surface area contributed by atoms with Gasteiger partial charge < -0.3 is 4.90 Å². The van der Waals surface area contributed by atoms with Gasteiger partial charge in [-0.15, -0.1) is 0 Å². The minimum Gasteiger partial charge on any atom is -0.356 e. The van der Waals surface area contributed by atoms with Crippen molar-refractivity contribution < 1.29 is 0 Å². The number of fused-ring (bicyclic) bond motifs is 1. The largest absolute Gasteiger partial charge is 0.356 e. The van der Waals surface area contributed by atoms with Gasteiger partial charge in [0.2, 0.25) is 0 Å². The lowest BCUT2D eigenvalue weighted by molar-refractivity contribution is 0.575. The lowest BCUT2D eigenvalue weighted by Gasteiger charge is -2.29.